The summed E-state index contributed by atoms with van der Waals surface area (Å²) in [5, 5.41) is 10.1. The van der Waals surface area contributed by atoms with E-state index in [2.05, 4.69) is 62.3 Å². The van der Waals surface area contributed by atoms with Gasteiger partial charge in [-0.3, -0.25) is 0 Å². The van der Waals surface area contributed by atoms with Gasteiger partial charge in [0.15, 0.2) is 0 Å². The molecule has 1 nitrogen and oxygen atoms in total. The topological polar surface area (TPSA) is 20.2 Å². The van der Waals surface area contributed by atoms with Crippen molar-refractivity contribution in [3.05, 3.63) is 28.8 Å². The Labute approximate surface area is 119 Å². The fourth-order valence-electron chi connectivity index (χ4n) is 2.62. The van der Waals surface area contributed by atoms with Crippen LogP contribution < -0.4 is 0 Å². The summed E-state index contributed by atoms with van der Waals surface area (Å²) in [6.07, 6.45) is 0. The zero-order valence-corrected chi connectivity index (χ0v) is 14.1. The molecule has 1 aromatic rings. The minimum absolute atomic E-state index is 0.0291. The predicted octanol–water partition coefficient (Wildman–Crippen LogP) is 5.28. The van der Waals surface area contributed by atoms with E-state index in [1.54, 1.807) is 0 Å². The molecule has 1 rings (SSSR count). The van der Waals surface area contributed by atoms with Gasteiger partial charge in [-0.25, -0.2) is 0 Å². The second kappa shape index (κ2) is 4.54. The maximum atomic E-state index is 10.1. The lowest BCUT2D eigenvalue weighted by Gasteiger charge is -2.36. The largest absolute Gasteiger partial charge is 0.508 e. The van der Waals surface area contributed by atoms with Crippen LogP contribution in [0, 0.1) is 0 Å². The van der Waals surface area contributed by atoms with Crippen molar-refractivity contribution in [3.8, 4) is 5.75 Å². The highest BCUT2D eigenvalue weighted by Crippen LogP contribution is 2.42. The Bertz CT molecular complexity index is 427. The molecular formula is C18H30O. The van der Waals surface area contributed by atoms with E-state index in [1.165, 1.54) is 16.7 Å². The van der Waals surface area contributed by atoms with Crippen molar-refractivity contribution in [2.45, 2.75) is 78.6 Å². The number of phenolic OH excluding ortho intramolecular Hbond substituents is 1. The highest BCUT2D eigenvalue weighted by Gasteiger charge is 2.32. The van der Waals surface area contributed by atoms with Crippen LogP contribution in [0.4, 0.5) is 0 Å². The van der Waals surface area contributed by atoms with Crippen LogP contribution in [0.5, 0.6) is 5.75 Å². The van der Waals surface area contributed by atoms with E-state index in [0.717, 1.165) is 0 Å². The van der Waals surface area contributed by atoms with Crippen LogP contribution in [0.25, 0.3) is 0 Å². The summed E-state index contributed by atoms with van der Waals surface area (Å²) in [5.74, 6) is 0.378. The molecule has 19 heavy (non-hydrogen) atoms. The summed E-state index contributed by atoms with van der Waals surface area (Å²) in [6.45, 7) is 20.0. The van der Waals surface area contributed by atoms with Crippen LogP contribution in [0.3, 0.4) is 0 Å². The van der Waals surface area contributed by atoms with Crippen LogP contribution in [0.15, 0.2) is 12.1 Å². The number of benzene rings is 1. The molecule has 0 radical (unpaired) electrons. The van der Waals surface area contributed by atoms with Gasteiger partial charge >= 0.3 is 0 Å². The Morgan fingerprint density at radius 2 is 0.947 bits per heavy atom. The molecule has 0 atom stereocenters. The molecule has 108 valence electrons. The number of rotatable bonds is 0. The van der Waals surface area contributed by atoms with E-state index >= 15 is 0 Å². The number of hydrogen-bond donors (Lipinski definition) is 1. The van der Waals surface area contributed by atoms with Gasteiger partial charge in [0.05, 0.1) is 0 Å². The van der Waals surface area contributed by atoms with Crippen molar-refractivity contribution < 1.29 is 5.11 Å². The standard InChI is InChI=1S/C18H30O/c1-16(2,3)13-10-12(19)11-14(17(4,5)6)15(13)18(7,8)9/h10-11,19H,1-9H3. The molecule has 1 aromatic carbocycles. The third kappa shape index (κ3) is 3.52. The monoisotopic (exact) mass is 262 g/mol. The highest BCUT2D eigenvalue weighted by atomic mass is 16.3. The smallest absolute Gasteiger partial charge is 0.116 e. The third-order valence-electron chi connectivity index (χ3n) is 3.49. The second-order valence-electron chi connectivity index (χ2n) is 8.67. The molecule has 0 saturated carbocycles. The lowest BCUT2D eigenvalue weighted by molar-refractivity contribution is 0.454. The summed E-state index contributed by atoms with van der Waals surface area (Å²) < 4.78 is 0. The SMILES string of the molecule is CC(C)(C)c1cc(O)cc(C(C)(C)C)c1C(C)(C)C. The zero-order valence-electron chi connectivity index (χ0n) is 14.1. The molecule has 0 aromatic heterocycles. The molecule has 1 N–H and O–H groups in total. The molecule has 0 heterocycles. The van der Waals surface area contributed by atoms with Gasteiger partial charge in [0.1, 0.15) is 5.75 Å². The molecule has 0 fully saturated rings. The Balaban J connectivity index is 3.80. The Morgan fingerprint density at radius 3 is 1.16 bits per heavy atom. The molecular weight excluding hydrogens is 232 g/mol. The van der Waals surface area contributed by atoms with E-state index in [4.69, 9.17) is 0 Å². The molecule has 0 spiro atoms. The van der Waals surface area contributed by atoms with Crippen LogP contribution in [0.2, 0.25) is 0 Å². The van der Waals surface area contributed by atoms with Crippen molar-refractivity contribution in [2.24, 2.45) is 0 Å². The average molecular weight is 262 g/mol. The van der Waals surface area contributed by atoms with Crippen LogP contribution in [-0.4, -0.2) is 5.11 Å². The van der Waals surface area contributed by atoms with Crippen LogP contribution in [0.1, 0.15) is 79.0 Å². The number of phenols is 1. The summed E-state index contributed by atoms with van der Waals surface area (Å²) >= 11 is 0. The van der Waals surface area contributed by atoms with Gasteiger partial charge in [-0.05, 0) is 45.1 Å². The fourth-order valence-corrected chi connectivity index (χ4v) is 2.62. The molecule has 0 unspecified atom stereocenters. The summed E-state index contributed by atoms with van der Waals surface area (Å²) in [7, 11) is 0. The summed E-state index contributed by atoms with van der Waals surface area (Å²) in [5.41, 5.74) is 4.02. The summed E-state index contributed by atoms with van der Waals surface area (Å²) in [6, 6.07) is 3.88. The third-order valence-corrected chi connectivity index (χ3v) is 3.49. The molecule has 0 amide bonds. The summed E-state index contributed by atoms with van der Waals surface area (Å²) in [4.78, 5) is 0. The molecule has 0 aliphatic rings. The number of aromatic hydroxyl groups is 1. The first-order chi connectivity index (χ1) is 8.24. The van der Waals surface area contributed by atoms with Gasteiger partial charge < -0.3 is 5.11 Å². The number of hydrogen-bond acceptors (Lipinski definition) is 1. The van der Waals surface area contributed by atoms with E-state index in [-0.39, 0.29) is 16.2 Å². The van der Waals surface area contributed by atoms with Gasteiger partial charge in [0.2, 0.25) is 0 Å². The van der Waals surface area contributed by atoms with E-state index in [0.29, 0.717) is 5.75 Å². The maximum absolute atomic E-state index is 10.1. The first kappa shape index (κ1) is 16.1. The van der Waals surface area contributed by atoms with Gasteiger partial charge in [0, 0.05) is 0 Å². The van der Waals surface area contributed by atoms with Crippen molar-refractivity contribution in [1.29, 1.82) is 0 Å². The zero-order chi connectivity index (χ0) is 15.2. The van der Waals surface area contributed by atoms with Gasteiger partial charge in [0.25, 0.3) is 0 Å². The van der Waals surface area contributed by atoms with E-state index < -0.39 is 0 Å². The molecule has 0 bridgehead atoms. The minimum Gasteiger partial charge on any atom is -0.508 e. The maximum Gasteiger partial charge on any atom is 0.116 e. The quantitative estimate of drug-likeness (QED) is 0.674. The van der Waals surface area contributed by atoms with Gasteiger partial charge in [-0.1, -0.05) is 62.3 Å². The van der Waals surface area contributed by atoms with Crippen LogP contribution >= 0.6 is 0 Å². The Kier molecular flexibility index (Phi) is 3.84. The molecule has 0 aliphatic heterocycles. The fraction of sp³-hybridized carbons (Fsp3) is 0.667. The predicted molar refractivity (Wildman–Crippen MR) is 84.2 cm³/mol. The Hall–Kier alpha value is -0.980. The lowest BCUT2D eigenvalue weighted by atomic mass is 9.68. The molecule has 0 saturated heterocycles. The van der Waals surface area contributed by atoms with Crippen molar-refractivity contribution >= 4 is 0 Å². The van der Waals surface area contributed by atoms with E-state index in [9.17, 15) is 5.11 Å². The van der Waals surface area contributed by atoms with Gasteiger partial charge in [-0.2, -0.15) is 0 Å². The highest BCUT2D eigenvalue weighted by molar-refractivity contribution is 5.50. The first-order valence-electron chi connectivity index (χ1n) is 7.13. The minimum atomic E-state index is 0.0291. The second-order valence-corrected chi connectivity index (χ2v) is 8.67. The van der Waals surface area contributed by atoms with Crippen molar-refractivity contribution in [3.63, 3.8) is 0 Å². The van der Waals surface area contributed by atoms with Crippen molar-refractivity contribution in [1.82, 2.24) is 0 Å². The molecule has 0 aliphatic carbocycles. The van der Waals surface area contributed by atoms with Crippen molar-refractivity contribution in [2.75, 3.05) is 0 Å². The Morgan fingerprint density at radius 1 is 0.632 bits per heavy atom. The molecule has 1 heteroatoms. The van der Waals surface area contributed by atoms with Gasteiger partial charge in [-0.15, -0.1) is 0 Å². The first-order valence-corrected chi connectivity index (χ1v) is 7.13. The van der Waals surface area contributed by atoms with E-state index in [1.807, 2.05) is 12.1 Å². The normalized spacial score (nSPS) is 13.7. The van der Waals surface area contributed by atoms with Crippen LogP contribution in [-0.2, 0) is 16.2 Å². The lowest BCUT2D eigenvalue weighted by Crippen LogP contribution is -2.27. The average Bonchev–Trinajstić information content (AvgIpc) is 2.11.